The lowest BCUT2D eigenvalue weighted by atomic mass is 10.5. The molecule has 1 N–H and O–H groups in total. The molecule has 2 heteroatoms. The maximum absolute atomic E-state index is 7.88. The first-order valence-electron chi connectivity index (χ1n) is 1.52. The first kappa shape index (κ1) is 9.04. The Bertz CT molecular complexity index is 8.85. The van der Waals surface area contributed by atoms with Crippen molar-refractivity contribution in [2.24, 2.45) is 0 Å². The molecule has 0 aromatic heterocycles. The Hall–Kier alpha value is 0.390. The average Bonchev–Trinajstić information content (AvgIpc) is 1.37. The zero-order valence-electron chi connectivity index (χ0n) is 3.57. The van der Waals surface area contributed by atoms with Crippen LogP contribution in [-0.2, 0) is 0 Å². The Morgan fingerprint density at radius 3 is 1.80 bits per heavy atom. The minimum Gasteiger partial charge on any atom is -0.396 e. The van der Waals surface area contributed by atoms with Gasteiger partial charge in [-0.25, -0.2) is 0 Å². The molecule has 0 aliphatic heterocycles. The van der Waals surface area contributed by atoms with Gasteiger partial charge in [0, 0.05) is 6.61 Å². The monoisotopic (exact) mass is 94.1 g/mol. The van der Waals surface area contributed by atoms with Gasteiger partial charge in [0.05, 0.1) is 0 Å². The van der Waals surface area contributed by atoms with Crippen molar-refractivity contribution in [2.45, 2.75) is 13.3 Å². The summed E-state index contributed by atoms with van der Waals surface area (Å²) < 4.78 is 0. The van der Waals surface area contributed by atoms with E-state index < -0.39 is 0 Å². The molecule has 0 spiro atoms. The van der Waals surface area contributed by atoms with E-state index in [9.17, 15) is 0 Å². The van der Waals surface area contributed by atoms with Crippen LogP contribution in [-0.4, -0.2) is 11.7 Å². The molecule has 0 saturated heterocycles. The molecule has 0 aromatic carbocycles. The van der Waals surface area contributed by atoms with Crippen LogP contribution in [0.3, 0.4) is 0 Å². The largest absolute Gasteiger partial charge is 0.396 e. The highest BCUT2D eigenvalue weighted by Crippen LogP contribution is 1.61. The molecule has 0 radical (unpaired) electrons. The van der Waals surface area contributed by atoms with Crippen LogP contribution < -0.4 is 0 Å². The van der Waals surface area contributed by atoms with E-state index in [0.717, 1.165) is 6.42 Å². The van der Waals surface area contributed by atoms with Crippen molar-refractivity contribution >= 4 is 9.90 Å². The lowest BCUT2D eigenvalue weighted by Crippen LogP contribution is -1.69. The highest BCUT2D eigenvalue weighted by molar-refractivity contribution is 6.92. The maximum atomic E-state index is 7.88. The van der Waals surface area contributed by atoms with Crippen LogP contribution in [0.2, 0.25) is 0 Å². The topological polar surface area (TPSA) is 20.2 Å². The fourth-order valence-corrected chi connectivity index (χ4v) is 0. The van der Waals surface area contributed by atoms with Crippen LogP contribution >= 0.6 is 9.90 Å². The first-order valence-corrected chi connectivity index (χ1v) is 1.52. The van der Waals surface area contributed by atoms with Crippen LogP contribution in [0.25, 0.3) is 0 Å². The highest BCUT2D eigenvalue weighted by atomic mass is 31.0. The van der Waals surface area contributed by atoms with Crippen LogP contribution in [0.5, 0.6) is 0 Å². The van der Waals surface area contributed by atoms with Crippen LogP contribution in [0.15, 0.2) is 0 Å². The zero-order chi connectivity index (χ0) is 3.41. The molecular weight excluding hydrogens is 83.0 g/mol. The van der Waals surface area contributed by atoms with E-state index in [1.165, 1.54) is 0 Å². The van der Waals surface area contributed by atoms with E-state index >= 15 is 0 Å². The van der Waals surface area contributed by atoms with Crippen molar-refractivity contribution in [3.8, 4) is 0 Å². The van der Waals surface area contributed by atoms with E-state index in [0.29, 0.717) is 6.61 Å². The Balaban J connectivity index is 0. The minimum absolute atomic E-state index is 0. The third-order valence-corrected chi connectivity index (χ3v) is 0.224. The normalized spacial score (nSPS) is 6.00. The molecule has 1 nitrogen and oxygen atoms in total. The van der Waals surface area contributed by atoms with Gasteiger partial charge in [-0.3, -0.25) is 0 Å². The van der Waals surface area contributed by atoms with E-state index in [1.54, 1.807) is 0 Å². The minimum atomic E-state index is 0. The SMILES string of the molecule is CCCO.P. The van der Waals surface area contributed by atoms with Gasteiger partial charge < -0.3 is 5.11 Å². The number of hydrogen-bond acceptors (Lipinski definition) is 1. The first-order chi connectivity index (χ1) is 1.91. The summed E-state index contributed by atoms with van der Waals surface area (Å²) in [6.07, 6.45) is 0.875. The maximum Gasteiger partial charge on any atom is 0.0428 e. The number of aliphatic hydroxyl groups excluding tert-OH is 1. The molecule has 0 saturated carbocycles. The zero-order valence-corrected chi connectivity index (χ0v) is 4.98. The number of aliphatic hydroxyl groups is 1. The summed E-state index contributed by atoms with van der Waals surface area (Å²) in [5.74, 6) is 0. The van der Waals surface area contributed by atoms with Crippen molar-refractivity contribution < 1.29 is 5.11 Å². The van der Waals surface area contributed by atoms with Gasteiger partial charge in [0.25, 0.3) is 0 Å². The van der Waals surface area contributed by atoms with E-state index in [2.05, 4.69) is 0 Å². The van der Waals surface area contributed by atoms with Gasteiger partial charge in [-0.15, -0.1) is 0 Å². The molecule has 0 amide bonds. The van der Waals surface area contributed by atoms with Gasteiger partial charge in [0.1, 0.15) is 0 Å². The molecule has 0 aliphatic rings. The van der Waals surface area contributed by atoms with Gasteiger partial charge in [0.15, 0.2) is 0 Å². The fourth-order valence-electron chi connectivity index (χ4n) is 0. The molecule has 0 rings (SSSR count). The smallest absolute Gasteiger partial charge is 0.0428 e. The van der Waals surface area contributed by atoms with Gasteiger partial charge in [-0.2, -0.15) is 9.90 Å². The number of rotatable bonds is 1. The second-order valence-electron chi connectivity index (χ2n) is 0.724. The van der Waals surface area contributed by atoms with E-state index in [4.69, 9.17) is 5.11 Å². The van der Waals surface area contributed by atoms with Crippen molar-refractivity contribution in [1.82, 2.24) is 0 Å². The molecule has 0 aromatic rings. The summed E-state index contributed by atoms with van der Waals surface area (Å²) in [6, 6.07) is 0. The highest BCUT2D eigenvalue weighted by Gasteiger charge is 1.57. The second kappa shape index (κ2) is 8.83. The predicted molar refractivity (Wildman–Crippen MR) is 28.5 cm³/mol. The predicted octanol–water partition coefficient (Wildman–Crippen LogP) is 0.447. The summed E-state index contributed by atoms with van der Waals surface area (Å²) in [5.41, 5.74) is 0. The molecule has 0 fully saturated rings. The Morgan fingerprint density at radius 2 is 1.80 bits per heavy atom. The van der Waals surface area contributed by atoms with Gasteiger partial charge in [-0.05, 0) is 6.42 Å². The summed E-state index contributed by atoms with van der Waals surface area (Å²) in [7, 11) is 0. The fraction of sp³-hybridized carbons (Fsp3) is 1.00. The molecule has 1 atom stereocenters. The molecular formula is C3H11OP. The van der Waals surface area contributed by atoms with Crippen molar-refractivity contribution in [3.63, 3.8) is 0 Å². The summed E-state index contributed by atoms with van der Waals surface area (Å²) >= 11 is 0. The third kappa shape index (κ3) is 13.0. The second-order valence-corrected chi connectivity index (χ2v) is 0.724. The van der Waals surface area contributed by atoms with Crippen molar-refractivity contribution in [3.05, 3.63) is 0 Å². The van der Waals surface area contributed by atoms with Crippen molar-refractivity contribution in [2.75, 3.05) is 6.61 Å². The van der Waals surface area contributed by atoms with Gasteiger partial charge >= 0.3 is 0 Å². The van der Waals surface area contributed by atoms with E-state index in [-0.39, 0.29) is 9.90 Å². The lowest BCUT2D eigenvalue weighted by Gasteiger charge is -1.69. The summed E-state index contributed by atoms with van der Waals surface area (Å²) in [5, 5.41) is 7.88. The van der Waals surface area contributed by atoms with Gasteiger partial charge in [-0.1, -0.05) is 6.92 Å². The molecule has 5 heavy (non-hydrogen) atoms. The molecule has 34 valence electrons. The Labute approximate surface area is 36.0 Å². The van der Waals surface area contributed by atoms with Gasteiger partial charge in [0.2, 0.25) is 0 Å². The number of hydrogen-bond donors (Lipinski definition) is 1. The quantitative estimate of drug-likeness (QED) is 0.467. The van der Waals surface area contributed by atoms with Crippen molar-refractivity contribution in [1.29, 1.82) is 0 Å². The lowest BCUT2D eigenvalue weighted by molar-refractivity contribution is 0.295. The molecule has 0 aliphatic carbocycles. The Kier molecular flexibility index (Phi) is 16.0. The average molecular weight is 94.1 g/mol. The third-order valence-electron chi connectivity index (χ3n) is 0.224. The van der Waals surface area contributed by atoms with Crippen LogP contribution in [0, 0.1) is 0 Å². The van der Waals surface area contributed by atoms with E-state index in [1.807, 2.05) is 6.92 Å². The van der Waals surface area contributed by atoms with Crippen LogP contribution in [0.4, 0.5) is 0 Å². The summed E-state index contributed by atoms with van der Waals surface area (Å²) in [6.45, 7) is 2.25. The molecule has 0 bridgehead atoms. The standard InChI is InChI=1S/C3H8O.H3P/c1-2-3-4;/h4H,2-3H2,1H3;1H3. The molecule has 0 heterocycles. The molecule has 1 unspecified atom stereocenters. The summed E-state index contributed by atoms with van der Waals surface area (Å²) in [4.78, 5) is 0. The van der Waals surface area contributed by atoms with Crippen LogP contribution in [0.1, 0.15) is 13.3 Å². The Morgan fingerprint density at radius 1 is 1.60 bits per heavy atom.